The maximum absolute atomic E-state index is 8.15. The Bertz CT molecular complexity index is 90.4. The molecule has 0 spiro atoms. The lowest BCUT2D eigenvalue weighted by molar-refractivity contribution is 0.0650. The third-order valence-electron chi connectivity index (χ3n) is 1.18. The minimum absolute atomic E-state index is 0.0278. The van der Waals surface area contributed by atoms with Crippen LogP contribution in [0.25, 0.3) is 0 Å². The Kier molecular flexibility index (Phi) is 38.1. The first-order valence-corrected chi connectivity index (χ1v) is 5.77. The van der Waals surface area contributed by atoms with Crippen LogP contribution in [-0.4, -0.2) is 91.4 Å². The molecule has 0 rings (SSSR count). The molecule has 0 atom stereocenters. The Hall–Kier alpha value is -0.320. The summed E-state index contributed by atoms with van der Waals surface area (Å²) >= 11 is 0. The molecule has 0 aromatic heterocycles. The summed E-state index contributed by atoms with van der Waals surface area (Å²) in [6.07, 6.45) is 0. The molecule has 0 heterocycles. The van der Waals surface area contributed by atoms with Gasteiger partial charge in [-0.25, -0.2) is 0 Å². The molecule has 0 radical (unpaired) electrons. The largest absolute Gasteiger partial charge is 0.395 e. The van der Waals surface area contributed by atoms with E-state index in [0.717, 1.165) is 0 Å². The van der Waals surface area contributed by atoms with Crippen molar-refractivity contribution >= 4 is 0 Å². The van der Waals surface area contributed by atoms with Crippen molar-refractivity contribution in [3.8, 4) is 0 Å². The zero-order chi connectivity index (χ0) is 14.5. The van der Waals surface area contributed by atoms with Gasteiger partial charge in [0, 0.05) is 19.6 Å². The summed E-state index contributed by atoms with van der Waals surface area (Å²) in [6, 6.07) is 0. The monoisotopic (exact) mass is 272 g/mol. The van der Waals surface area contributed by atoms with Crippen molar-refractivity contribution in [2.45, 2.75) is 0 Å². The fraction of sp³-hybridized carbons (Fsp3) is 1.00. The standard InChI is InChI=1S/C4H11NO2.C4H10O3.C2H7NO/c6-3-1-5-2-4-7;5-1-3-7-4-2-6;3-1-2-4/h5-7H,1-4H2;5-6H,1-4H2;4H,1-3H2. The lowest BCUT2D eigenvalue weighted by atomic mass is 10.6. The molecule has 0 saturated heterocycles. The summed E-state index contributed by atoms with van der Waals surface area (Å²) in [5, 5.41) is 43.0. The van der Waals surface area contributed by atoms with Crippen LogP contribution in [0.2, 0.25) is 0 Å². The average Bonchev–Trinajstić information content (AvgIpc) is 2.41. The zero-order valence-corrected chi connectivity index (χ0v) is 10.8. The summed E-state index contributed by atoms with van der Waals surface area (Å²) in [4.78, 5) is 0. The zero-order valence-electron chi connectivity index (χ0n) is 10.8. The summed E-state index contributed by atoms with van der Waals surface area (Å²) < 4.78 is 4.63. The number of aliphatic hydroxyl groups excluding tert-OH is 5. The van der Waals surface area contributed by atoms with Crippen LogP contribution in [0.3, 0.4) is 0 Å². The van der Waals surface area contributed by atoms with Crippen molar-refractivity contribution in [3.63, 3.8) is 0 Å². The normalized spacial score (nSPS) is 9.00. The minimum atomic E-state index is 0.0278. The van der Waals surface area contributed by atoms with Gasteiger partial charge in [0.25, 0.3) is 0 Å². The number of ether oxygens (including phenoxy) is 1. The van der Waals surface area contributed by atoms with Crippen LogP contribution in [0.1, 0.15) is 0 Å². The van der Waals surface area contributed by atoms with E-state index < -0.39 is 0 Å². The number of nitrogens with one attached hydrogen (secondary N) is 1. The second-order valence-corrected chi connectivity index (χ2v) is 2.77. The Balaban J connectivity index is -0.000000196. The average molecular weight is 272 g/mol. The van der Waals surface area contributed by atoms with Crippen molar-refractivity contribution in [1.29, 1.82) is 0 Å². The molecule has 0 aliphatic rings. The molecule has 18 heavy (non-hydrogen) atoms. The fourth-order valence-electron chi connectivity index (χ4n) is 0.514. The molecule has 8 nitrogen and oxygen atoms in total. The van der Waals surface area contributed by atoms with Crippen LogP contribution >= 0.6 is 0 Å². The molecular formula is C10H28N2O6. The van der Waals surface area contributed by atoms with E-state index in [1.807, 2.05) is 0 Å². The summed E-state index contributed by atoms with van der Waals surface area (Å²) in [6.45, 7) is 2.59. The molecule has 0 saturated carbocycles. The van der Waals surface area contributed by atoms with E-state index in [1.54, 1.807) is 0 Å². The van der Waals surface area contributed by atoms with E-state index >= 15 is 0 Å². The van der Waals surface area contributed by atoms with E-state index in [1.165, 1.54) is 0 Å². The predicted molar refractivity (Wildman–Crippen MR) is 68.2 cm³/mol. The topological polar surface area (TPSA) is 148 Å². The van der Waals surface area contributed by atoms with Crippen LogP contribution in [0.5, 0.6) is 0 Å². The SMILES string of the molecule is NCCO.OCCNCCO.OCCOCCO. The van der Waals surface area contributed by atoms with Gasteiger partial charge in [0.05, 0.1) is 46.2 Å². The van der Waals surface area contributed by atoms with Gasteiger partial charge in [0.15, 0.2) is 0 Å². The number of nitrogens with two attached hydrogens (primary N) is 1. The lowest BCUT2D eigenvalue weighted by Crippen LogP contribution is -2.21. The van der Waals surface area contributed by atoms with Crippen LogP contribution < -0.4 is 11.1 Å². The van der Waals surface area contributed by atoms with Gasteiger partial charge >= 0.3 is 0 Å². The van der Waals surface area contributed by atoms with Gasteiger partial charge in [0.1, 0.15) is 0 Å². The van der Waals surface area contributed by atoms with Crippen LogP contribution in [-0.2, 0) is 4.74 Å². The van der Waals surface area contributed by atoms with Crippen molar-refractivity contribution in [3.05, 3.63) is 0 Å². The van der Waals surface area contributed by atoms with E-state index in [4.69, 9.17) is 31.3 Å². The maximum atomic E-state index is 8.15. The number of hydrogen-bond acceptors (Lipinski definition) is 8. The van der Waals surface area contributed by atoms with Crippen LogP contribution in [0, 0.1) is 0 Å². The van der Waals surface area contributed by atoms with E-state index in [-0.39, 0.29) is 33.0 Å². The highest BCUT2D eigenvalue weighted by Gasteiger charge is 1.79. The molecule has 0 amide bonds. The highest BCUT2D eigenvalue weighted by Crippen LogP contribution is 1.68. The Morgan fingerprint density at radius 1 is 0.722 bits per heavy atom. The molecule has 0 fully saturated rings. The van der Waals surface area contributed by atoms with Gasteiger partial charge in [-0.1, -0.05) is 0 Å². The summed E-state index contributed by atoms with van der Waals surface area (Å²) in [5.74, 6) is 0. The van der Waals surface area contributed by atoms with Crippen molar-refractivity contribution < 1.29 is 30.3 Å². The Labute approximate surface area is 108 Å². The quantitative estimate of drug-likeness (QED) is 0.214. The second-order valence-electron chi connectivity index (χ2n) is 2.77. The number of aliphatic hydroxyl groups is 5. The lowest BCUT2D eigenvalue weighted by Gasteiger charge is -1.94. The van der Waals surface area contributed by atoms with E-state index in [9.17, 15) is 0 Å². The second kappa shape index (κ2) is 30.1. The van der Waals surface area contributed by atoms with Gasteiger partial charge in [-0.2, -0.15) is 0 Å². The fourth-order valence-corrected chi connectivity index (χ4v) is 0.514. The molecule has 8 heteroatoms. The number of rotatable bonds is 9. The first-order valence-electron chi connectivity index (χ1n) is 5.77. The number of hydrogen-bond donors (Lipinski definition) is 7. The Morgan fingerprint density at radius 3 is 1.33 bits per heavy atom. The van der Waals surface area contributed by atoms with Crippen LogP contribution in [0.4, 0.5) is 0 Å². The highest BCUT2D eigenvalue weighted by atomic mass is 16.5. The molecule has 0 aromatic rings. The van der Waals surface area contributed by atoms with Gasteiger partial charge in [0.2, 0.25) is 0 Å². The molecule has 0 aliphatic heterocycles. The first-order chi connectivity index (χ1) is 8.74. The molecule has 0 aliphatic carbocycles. The van der Waals surface area contributed by atoms with E-state index in [2.05, 4.69) is 10.1 Å². The molecule has 0 unspecified atom stereocenters. The molecule has 0 bridgehead atoms. The predicted octanol–water partition coefficient (Wildman–Crippen LogP) is -3.51. The van der Waals surface area contributed by atoms with Crippen molar-refractivity contribution in [2.24, 2.45) is 5.73 Å². The maximum Gasteiger partial charge on any atom is 0.0698 e. The smallest absolute Gasteiger partial charge is 0.0698 e. The van der Waals surface area contributed by atoms with Crippen LogP contribution in [0.15, 0.2) is 0 Å². The van der Waals surface area contributed by atoms with Gasteiger partial charge in [-0.15, -0.1) is 0 Å². The van der Waals surface area contributed by atoms with Crippen molar-refractivity contribution in [1.82, 2.24) is 5.32 Å². The van der Waals surface area contributed by atoms with Gasteiger partial charge in [-0.05, 0) is 0 Å². The summed E-state index contributed by atoms with van der Waals surface area (Å²) in [5.41, 5.74) is 4.78. The first kappa shape index (κ1) is 22.8. The minimum Gasteiger partial charge on any atom is -0.395 e. The summed E-state index contributed by atoms with van der Waals surface area (Å²) in [7, 11) is 0. The van der Waals surface area contributed by atoms with Gasteiger partial charge < -0.3 is 41.3 Å². The molecular weight excluding hydrogens is 244 g/mol. The highest BCUT2D eigenvalue weighted by molar-refractivity contribution is 4.39. The van der Waals surface area contributed by atoms with Gasteiger partial charge in [-0.3, -0.25) is 0 Å². The molecule has 0 aromatic carbocycles. The Morgan fingerprint density at radius 2 is 1.11 bits per heavy atom. The third-order valence-corrected chi connectivity index (χ3v) is 1.18. The van der Waals surface area contributed by atoms with E-state index in [0.29, 0.717) is 32.8 Å². The molecule has 114 valence electrons. The molecule has 8 N–H and O–H groups in total. The third kappa shape index (κ3) is 44.8. The van der Waals surface area contributed by atoms with Crippen molar-refractivity contribution in [2.75, 3.05) is 65.9 Å².